The molecule has 0 spiro atoms. The van der Waals surface area contributed by atoms with E-state index >= 15 is 0 Å². The molecule has 0 unspecified atom stereocenters. The van der Waals surface area contributed by atoms with Gasteiger partial charge in [0.1, 0.15) is 5.15 Å². The van der Waals surface area contributed by atoms with Crippen LogP contribution >= 0.6 is 23.2 Å². The van der Waals surface area contributed by atoms with E-state index < -0.39 is 0 Å². The summed E-state index contributed by atoms with van der Waals surface area (Å²) in [4.78, 5) is 0. The van der Waals surface area contributed by atoms with Crippen molar-refractivity contribution >= 4 is 23.2 Å². The Kier molecular flexibility index (Phi) is 4.27. The van der Waals surface area contributed by atoms with Gasteiger partial charge < -0.3 is 5.32 Å². The molecular formula is C13H15Cl2N3. The summed E-state index contributed by atoms with van der Waals surface area (Å²) in [6.45, 7) is 3.35. The van der Waals surface area contributed by atoms with Gasteiger partial charge in [-0.1, -0.05) is 41.4 Å². The van der Waals surface area contributed by atoms with Crippen LogP contribution in [0.4, 0.5) is 0 Å². The molecule has 0 bridgehead atoms. The first-order chi connectivity index (χ1) is 8.59. The highest BCUT2D eigenvalue weighted by Crippen LogP contribution is 2.19. The van der Waals surface area contributed by atoms with Crippen LogP contribution in [0.2, 0.25) is 10.2 Å². The van der Waals surface area contributed by atoms with Crippen molar-refractivity contribution in [2.45, 2.75) is 20.0 Å². The number of halogens is 2. The van der Waals surface area contributed by atoms with Gasteiger partial charge >= 0.3 is 0 Å². The maximum atomic E-state index is 6.16. The van der Waals surface area contributed by atoms with Gasteiger partial charge in [0.15, 0.2) is 0 Å². The Bertz CT molecular complexity index is 549. The SMILES string of the molecule is Cc1nn(C)c(Cl)c1CNCc1ccccc1Cl. The van der Waals surface area contributed by atoms with Crippen molar-refractivity contribution in [1.82, 2.24) is 15.1 Å². The molecule has 1 aromatic carbocycles. The van der Waals surface area contributed by atoms with Crippen LogP contribution < -0.4 is 5.32 Å². The maximum Gasteiger partial charge on any atom is 0.131 e. The molecular weight excluding hydrogens is 269 g/mol. The fraction of sp³-hybridized carbons (Fsp3) is 0.308. The fourth-order valence-corrected chi connectivity index (χ4v) is 2.28. The number of nitrogens with zero attached hydrogens (tertiary/aromatic N) is 2. The van der Waals surface area contributed by atoms with Gasteiger partial charge in [-0.3, -0.25) is 4.68 Å². The van der Waals surface area contributed by atoms with Crippen LogP contribution in [0.15, 0.2) is 24.3 Å². The lowest BCUT2D eigenvalue weighted by atomic mass is 10.2. The number of rotatable bonds is 4. The van der Waals surface area contributed by atoms with Crippen molar-refractivity contribution in [1.29, 1.82) is 0 Å². The number of nitrogens with one attached hydrogen (secondary N) is 1. The van der Waals surface area contributed by atoms with Crippen molar-refractivity contribution in [3.63, 3.8) is 0 Å². The molecule has 0 saturated carbocycles. The molecule has 0 aliphatic heterocycles. The van der Waals surface area contributed by atoms with E-state index in [4.69, 9.17) is 23.2 Å². The van der Waals surface area contributed by atoms with E-state index in [1.54, 1.807) is 4.68 Å². The van der Waals surface area contributed by atoms with Crippen LogP contribution in [0, 0.1) is 6.92 Å². The second-order valence-electron chi connectivity index (χ2n) is 4.17. The van der Waals surface area contributed by atoms with Crippen LogP contribution in [0.3, 0.4) is 0 Å². The number of hydrogen-bond acceptors (Lipinski definition) is 2. The van der Waals surface area contributed by atoms with Crippen LogP contribution in [0.25, 0.3) is 0 Å². The van der Waals surface area contributed by atoms with Crippen LogP contribution in [-0.4, -0.2) is 9.78 Å². The Morgan fingerprint density at radius 1 is 1.22 bits per heavy atom. The Morgan fingerprint density at radius 2 is 1.94 bits per heavy atom. The summed E-state index contributed by atoms with van der Waals surface area (Å²) in [7, 11) is 1.84. The molecule has 0 aliphatic rings. The van der Waals surface area contributed by atoms with Gasteiger partial charge in [-0.25, -0.2) is 0 Å². The molecule has 0 radical (unpaired) electrons. The summed E-state index contributed by atoms with van der Waals surface area (Å²) in [5, 5.41) is 9.06. The van der Waals surface area contributed by atoms with E-state index in [0.717, 1.165) is 21.8 Å². The first kappa shape index (κ1) is 13.4. The zero-order chi connectivity index (χ0) is 13.1. The average Bonchev–Trinajstić information content (AvgIpc) is 2.58. The number of aryl methyl sites for hydroxylation is 2. The number of benzene rings is 1. The van der Waals surface area contributed by atoms with E-state index in [-0.39, 0.29) is 0 Å². The van der Waals surface area contributed by atoms with E-state index in [9.17, 15) is 0 Å². The minimum atomic E-state index is 0.680. The molecule has 0 saturated heterocycles. The Labute approximate surface area is 117 Å². The number of hydrogen-bond donors (Lipinski definition) is 1. The molecule has 0 aliphatic carbocycles. The zero-order valence-electron chi connectivity index (χ0n) is 10.4. The van der Waals surface area contributed by atoms with Gasteiger partial charge in [-0.2, -0.15) is 5.10 Å². The quantitative estimate of drug-likeness (QED) is 0.933. The highest BCUT2D eigenvalue weighted by atomic mass is 35.5. The van der Waals surface area contributed by atoms with Crippen LogP contribution in [0.5, 0.6) is 0 Å². The van der Waals surface area contributed by atoms with Crippen molar-refractivity contribution in [2.24, 2.45) is 7.05 Å². The lowest BCUT2D eigenvalue weighted by Gasteiger charge is -2.06. The first-order valence-corrected chi connectivity index (χ1v) is 6.47. The molecule has 0 atom stereocenters. The lowest BCUT2D eigenvalue weighted by molar-refractivity contribution is 0.690. The van der Waals surface area contributed by atoms with Crippen molar-refractivity contribution in [3.8, 4) is 0 Å². The molecule has 2 aromatic rings. The monoisotopic (exact) mass is 283 g/mol. The molecule has 1 aromatic heterocycles. The molecule has 1 heterocycles. The van der Waals surface area contributed by atoms with Gasteiger partial charge in [0.05, 0.1) is 5.69 Å². The zero-order valence-corrected chi connectivity index (χ0v) is 11.9. The lowest BCUT2D eigenvalue weighted by Crippen LogP contribution is -2.13. The summed E-state index contributed by atoms with van der Waals surface area (Å²) in [6.07, 6.45) is 0. The maximum absolute atomic E-state index is 6.16. The average molecular weight is 284 g/mol. The molecule has 3 nitrogen and oxygen atoms in total. The normalized spacial score (nSPS) is 10.9. The molecule has 5 heteroatoms. The highest BCUT2D eigenvalue weighted by molar-refractivity contribution is 6.31. The van der Waals surface area contributed by atoms with E-state index in [2.05, 4.69) is 10.4 Å². The topological polar surface area (TPSA) is 29.9 Å². The molecule has 0 fully saturated rings. The molecule has 1 N–H and O–H groups in total. The molecule has 18 heavy (non-hydrogen) atoms. The molecule has 2 rings (SSSR count). The van der Waals surface area contributed by atoms with Gasteiger partial charge in [0.2, 0.25) is 0 Å². The summed E-state index contributed by atoms with van der Waals surface area (Å²) in [5.74, 6) is 0. The Hall–Kier alpha value is -1.03. The van der Waals surface area contributed by atoms with Crippen LogP contribution in [-0.2, 0) is 20.1 Å². The van der Waals surface area contributed by atoms with Crippen molar-refractivity contribution in [2.75, 3.05) is 0 Å². The fourth-order valence-electron chi connectivity index (χ4n) is 1.84. The first-order valence-electron chi connectivity index (χ1n) is 5.71. The van der Waals surface area contributed by atoms with Crippen molar-refractivity contribution in [3.05, 3.63) is 51.3 Å². The smallest absolute Gasteiger partial charge is 0.131 e. The second kappa shape index (κ2) is 5.74. The van der Waals surface area contributed by atoms with E-state index in [1.807, 2.05) is 38.2 Å². The standard InChI is InChI=1S/C13H15Cl2N3/c1-9-11(13(15)18(2)17-9)8-16-7-10-5-3-4-6-12(10)14/h3-6,16H,7-8H2,1-2H3. The van der Waals surface area contributed by atoms with Gasteiger partial charge in [-0.05, 0) is 18.6 Å². The Balaban J connectivity index is 1.99. The minimum absolute atomic E-state index is 0.680. The Morgan fingerprint density at radius 3 is 2.56 bits per heavy atom. The third-order valence-corrected chi connectivity index (χ3v) is 3.69. The van der Waals surface area contributed by atoms with E-state index in [0.29, 0.717) is 18.2 Å². The predicted molar refractivity (Wildman–Crippen MR) is 75.0 cm³/mol. The summed E-state index contributed by atoms with van der Waals surface area (Å²) in [6, 6.07) is 7.80. The highest BCUT2D eigenvalue weighted by Gasteiger charge is 2.10. The third kappa shape index (κ3) is 2.86. The van der Waals surface area contributed by atoms with Crippen molar-refractivity contribution < 1.29 is 0 Å². The largest absolute Gasteiger partial charge is 0.308 e. The van der Waals surface area contributed by atoms with E-state index in [1.165, 1.54) is 0 Å². The van der Waals surface area contributed by atoms with Gasteiger partial charge in [0.25, 0.3) is 0 Å². The predicted octanol–water partition coefficient (Wildman–Crippen LogP) is 3.33. The summed E-state index contributed by atoms with van der Waals surface area (Å²) < 4.78 is 1.68. The molecule has 0 amide bonds. The summed E-state index contributed by atoms with van der Waals surface area (Å²) in [5.41, 5.74) is 3.07. The third-order valence-electron chi connectivity index (χ3n) is 2.84. The number of aromatic nitrogens is 2. The second-order valence-corrected chi connectivity index (χ2v) is 4.94. The summed E-state index contributed by atoms with van der Waals surface area (Å²) >= 11 is 12.3. The molecule has 96 valence electrons. The van der Waals surface area contributed by atoms with Gasteiger partial charge in [-0.15, -0.1) is 0 Å². The minimum Gasteiger partial charge on any atom is -0.308 e. The van der Waals surface area contributed by atoms with Gasteiger partial charge in [0, 0.05) is 30.7 Å². The van der Waals surface area contributed by atoms with Crippen LogP contribution in [0.1, 0.15) is 16.8 Å².